The number of hydrogen-bond donors (Lipinski definition) is 0. The molecule has 1 saturated carbocycles. The predicted molar refractivity (Wildman–Crippen MR) is 71.8 cm³/mol. The van der Waals surface area contributed by atoms with Crippen LogP contribution >= 0.6 is 0 Å². The van der Waals surface area contributed by atoms with Crippen molar-refractivity contribution in [3.8, 4) is 0 Å². The molecule has 2 rings (SSSR count). The Morgan fingerprint density at radius 3 is 2.65 bits per heavy atom. The first-order valence-corrected chi connectivity index (χ1v) is 6.96. The van der Waals surface area contributed by atoms with Crippen LogP contribution < -0.4 is 0 Å². The Morgan fingerprint density at radius 1 is 1.24 bits per heavy atom. The standard InChI is InChI=1S/C16H24O/c1-11(2)13-5-6-14(10-17)16-8-4-12(3)15(16)9-7-13/h10,12-13,15H,1,4-9H2,2-3H3. The van der Waals surface area contributed by atoms with Gasteiger partial charge in [-0.1, -0.05) is 24.6 Å². The highest BCUT2D eigenvalue weighted by Gasteiger charge is 2.32. The molecule has 0 N–H and O–H groups in total. The van der Waals surface area contributed by atoms with Crippen LogP contribution in [-0.2, 0) is 4.79 Å². The van der Waals surface area contributed by atoms with E-state index >= 15 is 0 Å². The normalized spacial score (nSPS) is 33.9. The summed E-state index contributed by atoms with van der Waals surface area (Å²) in [7, 11) is 0. The van der Waals surface area contributed by atoms with E-state index in [-0.39, 0.29) is 0 Å². The molecule has 2 aliphatic carbocycles. The molecule has 0 radical (unpaired) electrons. The van der Waals surface area contributed by atoms with E-state index in [2.05, 4.69) is 20.4 Å². The van der Waals surface area contributed by atoms with E-state index in [1.54, 1.807) is 0 Å². The zero-order valence-corrected chi connectivity index (χ0v) is 11.2. The number of hydrogen-bond acceptors (Lipinski definition) is 1. The van der Waals surface area contributed by atoms with Crippen molar-refractivity contribution in [2.75, 3.05) is 0 Å². The van der Waals surface area contributed by atoms with Gasteiger partial charge in [0.1, 0.15) is 6.29 Å². The molecule has 0 spiro atoms. The van der Waals surface area contributed by atoms with Crippen molar-refractivity contribution in [3.05, 3.63) is 23.3 Å². The Bertz CT molecular complexity index is 351. The fraction of sp³-hybridized carbons (Fsp3) is 0.688. The molecule has 0 saturated heterocycles. The van der Waals surface area contributed by atoms with Crippen LogP contribution in [0.15, 0.2) is 23.3 Å². The van der Waals surface area contributed by atoms with E-state index in [1.807, 2.05) is 0 Å². The van der Waals surface area contributed by atoms with Crippen LogP contribution in [0.5, 0.6) is 0 Å². The fourth-order valence-corrected chi connectivity index (χ4v) is 3.61. The van der Waals surface area contributed by atoms with Gasteiger partial charge in [-0.2, -0.15) is 0 Å². The van der Waals surface area contributed by atoms with E-state index in [0.717, 1.165) is 37.0 Å². The summed E-state index contributed by atoms with van der Waals surface area (Å²) < 4.78 is 0. The molecule has 0 amide bonds. The number of aldehydes is 1. The van der Waals surface area contributed by atoms with Crippen molar-refractivity contribution in [3.63, 3.8) is 0 Å². The van der Waals surface area contributed by atoms with Gasteiger partial charge in [-0.25, -0.2) is 0 Å². The molecule has 0 aromatic rings. The fourth-order valence-electron chi connectivity index (χ4n) is 3.61. The van der Waals surface area contributed by atoms with Gasteiger partial charge >= 0.3 is 0 Å². The predicted octanol–water partition coefficient (Wildman–Crippen LogP) is 4.29. The van der Waals surface area contributed by atoms with Gasteiger partial charge in [0.15, 0.2) is 0 Å². The van der Waals surface area contributed by atoms with Gasteiger partial charge in [0.2, 0.25) is 0 Å². The summed E-state index contributed by atoms with van der Waals surface area (Å²) in [6.07, 6.45) is 8.17. The van der Waals surface area contributed by atoms with Crippen LogP contribution in [0, 0.1) is 17.8 Å². The first kappa shape index (κ1) is 12.6. The quantitative estimate of drug-likeness (QED) is 0.512. The second-order valence-corrected chi connectivity index (χ2v) is 5.95. The Balaban J connectivity index is 2.23. The molecule has 1 fully saturated rings. The maximum atomic E-state index is 11.3. The average Bonchev–Trinajstić information content (AvgIpc) is 2.60. The third kappa shape index (κ3) is 2.53. The first-order chi connectivity index (χ1) is 8.13. The zero-order chi connectivity index (χ0) is 12.4. The van der Waals surface area contributed by atoms with Crippen molar-refractivity contribution < 1.29 is 4.79 Å². The summed E-state index contributed by atoms with van der Waals surface area (Å²) in [5, 5.41) is 0. The Labute approximate surface area is 105 Å². The zero-order valence-electron chi connectivity index (χ0n) is 11.2. The molecule has 3 atom stereocenters. The summed E-state index contributed by atoms with van der Waals surface area (Å²) in [6, 6.07) is 0. The van der Waals surface area contributed by atoms with Crippen LogP contribution in [0.1, 0.15) is 52.4 Å². The Hall–Kier alpha value is -0.850. The number of fused-ring (bicyclic) bond motifs is 1. The Morgan fingerprint density at radius 2 is 2.00 bits per heavy atom. The van der Waals surface area contributed by atoms with Crippen LogP contribution in [0.3, 0.4) is 0 Å². The lowest BCUT2D eigenvalue weighted by Crippen LogP contribution is -2.15. The number of allylic oxidation sites excluding steroid dienone is 3. The van der Waals surface area contributed by atoms with E-state index in [1.165, 1.54) is 30.4 Å². The second kappa shape index (κ2) is 5.20. The van der Waals surface area contributed by atoms with Gasteiger partial charge in [0.05, 0.1) is 0 Å². The summed E-state index contributed by atoms with van der Waals surface area (Å²) in [6.45, 7) is 8.58. The van der Waals surface area contributed by atoms with Crippen LogP contribution in [-0.4, -0.2) is 6.29 Å². The Kier molecular flexibility index (Phi) is 3.86. The third-order valence-electron chi connectivity index (χ3n) is 4.84. The largest absolute Gasteiger partial charge is 0.298 e. The van der Waals surface area contributed by atoms with E-state index in [4.69, 9.17) is 0 Å². The maximum absolute atomic E-state index is 11.3. The summed E-state index contributed by atoms with van der Waals surface area (Å²) in [4.78, 5) is 11.3. The molecular formula is C16H24O. The summed E-state index contributed by atoms with van der Waals surface area (Å²) in [5.41, 5.74) is 3.90. The second-order valence-electron chi connectivity index (χ2n) is 5.95. The lowest BCUT2D eigenvalue weighted by Gasteiger charge is -2.26. The molecule has 0 aromatic carbocycles. The van der Waals surface area contributed by atoms with Crippen LogP contribution in [0.4, 0.5) is 0 Å². The molecule has 94 valence electrons. The molecule has 1 nitrogen and oxygen atoms in total. The van der Waals surface area contributed by atoms with Gasteiger partial charge in [-0.3, -0.25) is 4.79 Å². The van der Waals surface area contributed by atoms with Crippen molar-refractivity contribution in [1.29, 1.82) is 0 Å². The highest BCUT2D eigenvalue weighted by atomic mass is 16.1. The molecule has 0 aliphatic heterocycles. The van der Waals surface area contributed by atoms with Crippen molar-refractivity contribution in [2.45, 2.75) is 52.4 Å². The minimum Gasteiger partial charge on any atom is -0.298 e. The highest BCUT2D eigenvalue weighted by Crippen LogP contribution is 2.44. The van der Waals surface area contributed by atoms with Crippen molar-refractivity contribution >= 4 is 6.29 Å². The minimum absolute atomic E-state index is 0.624. The molecular weight excluding hydrogens is 208 g/mol. The topological polar surface area (TPSA) is 17.1 Å². The molecule has 2 aliphatic rings. The first-order valence-electron chi connectivity index (χ1n) is 6.96. The highest BCUT2D eigenvalue weighted by molar-refractivity contribution is 5.75. The van der Waals surface area contributed by atoms with E-state index < -0.39 is 0 Å². The monoisotopic (exact) mass is 232 g/mol. The SMILES string of the molecule is C=C(C)C1CCC(C=O)=C2CCC(C)C2CC1. The van der Waals surface area contributed by atoms with Crippen LogP contribution in [0.2, 0.25) is 0 Å². The summed E-state index contributed by atoms with van der Waals surface area (Å²) in [5.74, 6) is 2.07. The molecule has 0 heterocycles. The van der Waals surface area contributed by atoms with Gasteiger partial charge in [-0.05, 0) is 68.8 Å². The third-order valence-corrected chi connectivity index (χ3v) is 4.84. The lowest BCUT2D eigenvalue weighted by atomic mass is 9.78. The van der Waals surface area contributed by atoms with Gasteiger partial charge in [0, 0.05) is 0 Å². The van der Waals surface area contributed by atoms with Gasteiger partial charge in [0.25, 0.3) is 0 Å². The van der Waals surface area contributed by atoms with E-state index in [9.17, 15) is 4.79 Å². The molecule has 0 aromatic heterocycles. The number of rotatable bonds is 2. The number of carbonyl (C=O) groups is 1. The van der Waals surface area contributed by atoms with Crippen molar-refractivity contribution in [2.24, 2.45) is 17.8 Å². The average molecular weight is 232 g/mol. The van der Waals surface area contributed by atoms with Crippen LogP contribution in [0.25, 0.3) is 0 Å². The molecule has 17 heavy (non-hydrogen) atoms. The lowest BCUT2D eigenvalue weighted by molar-refractivity contribution is -0.105. The summed E-state index contributed by atoms with van der Waals surface area (Å²) >= 11 is 0. The van der Waals surface area contributed by atoms with Crippen molar-refractivity contribution in [1.82, 2.24) is 0 Å². The van der Waals surface area contributed by atoms with E-state index in [0.29, 0.717) is 11.8 Å². The van der Waals surface area contributed by atoms with Gasteiger partial charge < -0.3 is 0 Å². The molecule has 1 heteroatoms. The van der Waals surface area contributed by atoms with Gasteiger partial charge in [-0.15, -0.1) is 0 Å². The number of carbonyl (C=O) groups excluding carboxylic acids is 1. The maximum Gasteiger partial charge on any atom is 0.145 e. The smallest absolute Gasteiger partial charge is 0.145 e. The molecule has 0 bridgehead atoms. The minimum atomic E-state index is 0.624. The molecule has 3 unspecified atom stereocenters.